The number of nitrogens with one attached hydrogen (secondary N) is 1. The maximum absolute atomic E-state index is 13.2. The molecule has 0 bridgehead atoms. The second-order valence-electron chi connectivity index (χ2n) is 3.63. The number of halogens is 3. The molecule has 0 heterocycles. The summed E-state index contributed by atoms with van der Waals surface area (Å²) in [6.45, 7) is 1.05. The second-order valence-corrected chi connectivity index (χ2v) is 4.42. The Morgan fingerprint density at radius 2 is 1.75 bits per heavy atom. The predicted octanol–water partition coefficient (Wildman–Crippen LogP) is 3.62. The zero-order valence-electron chi connectivity index (χ0n) is 9.11. The van der Waals surface area contributed by atoms with Crippen LogP contribution in [0.4, 0.5) is 8.78 Å². The molecule has 0 aliphatic heterocycles. The van der Waals surface area contributed by atoms with E-state index in [1.165, 1.54) is 18.2 Å². The van der Waals surface area contributed by atoms with Crippen LogP contribution >= 0.6 is 15.9 Å². The first-order chi connectivity index (χ1) is 7.75. The summed E-state index contributed by atoms with van der Waals surface area (Å²) < 4.78 is 26.4. The van der Waals surface area contributed by atoms with Gasteiger partial charge in [-0.1, -0.05) is 28.4 Å². The summed E-state index contributed by atoms with van der Waals surface area (Å²) in [6.07, 6.45) is 3.29. The fourth-order valence-corrected chi connectivity index (χ4v) is 1.83. The molecule has 0 unspecified atom stereocenters. The monoisotopic (exact) mass is 291 g/mol. The summed E-state index contributed by atoms with van der Waals surface area (Å²) in [5.41, 5.74) is 0.128. The van der Waals surface area contributed by atoms with Crippen molar-refractivity contribution in [2.75, 3.05) is 11.9 Å². The zero-order chi connectivity index (χ0) is 11.8. The highest BCUT2D eigenvalue weighted by molar-refractivity contribution is 9.09. The summed E-state index contributed by atoms with van der Waals surface area (Å²) in [5.74, 6) is -0.957. The van der Waals surface area contributed by atoms with Gasteiger partial charge >= 0.3 is 0 Å². The normalized spacial score (nSPS) is 10.7. The molecule has 1 N–H and O–H groups in total. The van der Waals surface area contributed by atoms with Crippen molar-refractivity contribution in [3.63, 3.8) is 0 Å². The molecule has 0 spiro atoms. The van der Waals surface area contributed by atoms with Crippen LogP contribution in [0.5, 0.6) is 0 Å². The predicted molar refractivity (Wildman–Crippen MR) is 65.7 cm³/mol. The molecule has 0 atom stereocenters. The number of unbranched alkanes of at least 4 members (excludes halogenated alkanes) is 2. The van der Waals surface area contributed by atoms with Crippen LogP contribution in [0, 0.1) is 11.6 Å². The van der Waals surface area contributed by atoms with E-state index in [2.05, 4.69) is 21.2 Å². The highest BCUT2D eigenvalue weighted by Gasteiger charge is 2.06. The fourth-order valence-electron chi connectivity index (χ4n) is 1.44. The van der Waals surface area contributed by atoms with E-state index in [0.29, 0.717) is 0 Å². The Balaban J connectivity index is 2.26. The molecule has 0 aromatic heterocycles. The standard InChI is InChI=1S/C12H16BrF2N/c13-7-2-1-3-8-16-9-10-11(14)5-4-6-12(10)15/h4-6,16H,1-3,7-9H2. The van der Waals surface area contributed by atoms with Crippen molar-refractivity contribution >= 4 is 15.9 Å². The van der Waals surface area contributed by atoms with Gasteiger partial charge in [0.25, 0.3) is 0 Å². The smallest absolute Gasteiger partial charge is 0.130 e. The molecule has 0 aliphatic rings. The molecule has 1 rings (SSSR count). The van der Waals surface area contributed by atoms with Crippen LogP contribution < -0.4 is 5.32 Å². The Labute approximate surface area is 103 Å². The zero-order valence-corrected chi connectivity index (χ0v) is 10.7. The maximum atomic E-state index is 13.2. The van der Waals surface area contributed by atoms with Gasteiger partial charge in [-0.05, 0) is 31.5 Å². The molecule has 1 nitrogen and oxygen atoms in total. The molecule has 4 heteroatoms. The SMILES string of the molecule is Fc1cccc(F)c1CNCCCCCBr. The Bertz CT molecular complexity index is 298. The van der Waals surface area contributed by atoms with Crippen LogP contribution in [0.1, 0.15) is 24.8 Å². The third-order valence-electron chi connectivity index (χ3n) is 2.35. The first-order valence-electron chi connectivity index (χ1n) is 5.45. The lowest BCUT2D eigenvalue weighted by molar-refractivity contribution is 0.529. The van der Waals surface area contributed by atoms with Gasteiger partial charge in [-0.25, -0.2) is 8.78 Å². The van der Waals surface area contributed by atoms with Gasteiger partial charge in [0.15, 0.2) is 0 Å². The summed E-state index contributed by atoms with van der Waals surface area (Å²) in [7, 11) is 0. The van der Waals surface area contributed by atoms with E-state index in [9.17, 15) is 8.78 Å². The molecule has 0 fully saturated rings. The lowest BCUT2D eigenvalue weighted by atomic mass is 10.2. The fraction of sp³-hybridized carbons (Fsp3) is 0.500. The number of hydrogen-bond donors (Lipinski definition) is 1. The van der Waals surface area contributed by atoms with E-state index in [0.717, 1.165) is 31.1 Å². The summed E-state index contributed by atoms with van der Waals surface area (Å²) in [6, 6.07) is 3.94. The van der Waals surface area contributed by atoms with Crippen LogP contribution in [-0.4, -0.2) is 11.9 Å². The first-order valence-corrected chi connectivity index (χ1v) is 6.57. The molecule has 90 valence electrons. The topological polar surface area (TPSA) is 12.0 Å². The number of alkyl halides is 1. The van der Waals surface area contributed by atoms with Crippen molar-refractivity contribution in [3.05, 3.63) is 35.4 Å². The van der Waals surface area contributed by atoms with Gasteiger partial charge in [-0.2, -0.15) is 0 Å². The Kier molecular flexibility index (Phi) is 6.57. The summed E-state index contributed by atoms with van der Waals surface area (Å²) in [5, 5.41) is 4.06. The molecule has 0 radical (unpaired) electrons. The van der Waals surface area contributed by atoms with Gasteiger partial charge in [0, 0.05) is 17.4 Å². The van der Waals surface area contributed by atoms with E-state index in [1.807, 2.05) is 0 Å². The van der Waals surface area contributed by atoms with Crippen molar-refractivity contribution in [2.24, 2.45) is 0 Å². The average Bonchev–Trinajstić information content (AvgIpc) is 2.26. The first kappa shape index (κ1) is 13.6. The van der Waals surface area contributed by atoms with Crippen molar-refractivity contribution in [1.82, 2.24) is 5.32 Å². The lowest BCUT2D eigenvalue weighted by Gasteiger charge is -2.06. The van der Waals surface area contributed by atoms with E-state index in [-0.39, 0.29) is 12.1 Å². The minimum atomic E-state index is -0.479. The molecule has 16 heavy (non-hydrogen) atoms. The van der Waals surface area contributed by atoms with Gasteiger partial charge in [0.1, 0.15) is 11.6 Å². The molecule has 0 saturated carbocycles. The summed E-state index contributed by atoms with van der Waals surface area (Å²) >= 11 is 3.35. The van der Waals surface area contributed by atoms with Gasteiger partial charge < -0.3 is 5.32 Å². The van der Waals surface area contributed by atoms with E-state index in [4.69, 9.17) is 0 Å². The molecule has 0 aliphatic carbocycles. The maximum Gasteiger partial charge on any atom is 0.130 e. The number of rotatable bonds is 7. The van der Waals surface area contributed by atoms with E-state index < -0.39 is 11.6 Å². The van der Waals surface area contributed by atoms with Crippen LogP contribution in [-0.2, 0) is 6.54 Å². The van der Waals surface area contributed by atoms with Crippen LogP contribution in [0.2, 0.25) is 0 Å². The Morgan fingerprint density at radius 3 is 2.38 bits per heavy atom. The molecular formula is C12H16BrF2N. The van der Waals surface area contributed by atoms with Crippen LogP contribution in [0.25, 0.3) is 0 Å². The van der Waals surface area contributed by atoms with Crippen LogP contribution in [0.3, 0.4) is 0 Å². The van der Waals surface area contributed by atoms with Gasteiger partial charge in [-0.15, -0.1) is 0 Å². The largest absolute Gasteiger partial charge is 0.312 e. The van der Waals surface area contributed by atoms with Gasteiger partial charge in [-0.3, -0.25) is 0 Å². The van der Waals surface area contributed by atoms with E-state index >= 15 is 0 Å². The van der Waals surface area contributed by atoms with Crippen molar-refractivity contribution in [3.8, 4) is 0 Å². The quantitative estimate of drug-likeness (QED) is 0.598. The third kappa shape index (κ3) is 4.58. The van der Waals surface area contributed by atoms with Gasteiger partial charge in [0.05, 0.1) is 0 Å². The number of benzene rings is 1. The average molecular weight is 292 g/mol. The number of hydrogen-bond acceptors (Lipinski definition) is 1. The molecule has 0 saturated heterocycles. The highest BCUT2D eigenvalue weighted by Crippen LogP contribution is 2.11. The highest BCUT2D eigenvalue weighted by atomic mass is 79.9. The minimum absolute atomic E-state index is 0.128. The van der Waals surface area contributed by atoms with Crippen molar-refractivity contribution in [1.29, 1.82) is 0 Å². The summed E-state index contributed by atoms with van der Waals surface area (Å²) in [4.78, 5) is 0. The second kappa shape index (κ2) is 7.74. The Hall–Kier alpha value is -0.480. The van der Waals surface area contributed by atoms with Crippen molar-refractivity contribution in [2.45, 2.75) is 25.8 Å². The minimum Gasteiger partial charge on any atom is -0.312 e. The molecule has 0 amide bonds. The van der Waals surface area contributed by atoms with E-state index in [1.54, 1.807) is 0 Å². The Morgan fingerprint density at radius 1 is 1.06 bits per heavy atom. The van der Waals surface area contributed by atoms with Crippen molar-refractivity contribution < 1.29 is 8.78 Å². The lowest BCUT2D eigenvalue weighted by Crippen LogP contribution is -2.16. The third-order valence-corrected chi connectivity index (χ3v) is 2.91. The molecule has 1 aromatic rings. The van der Waals surface area contributed by atoms with Crippen LogP contribution in [0.15, 0.2) is 18.2 Å². The molecular weight excluding hydrogens is 276 g/mol. The molecule has 1 aromatic carbocycles. The van der Waals surface area contributed by atoms with Gasteiger partial charge in [0.2, 0.25) is 0 Å².